The summed E-state index contributed by atoms with van der Waals surface area (Å²) < 4.78 is 5.47. The first-order chi connectivity index (χ1) is 11.2. The van der Waals surface area contributed by atoms with E-state index in [1.165, 1.54) is 6.42 Å². The van der Waals surface area contributed by atoms with Gasteiger partial charge >= 0.3 is 0 Å². The number of carbonyl (C=O) groups is 2. The van der Waals surface area contributed by atoms with Gasteiger partial charge in [0.25, 0.3) is 0 Å². The maximum Gasteiger partial charge on any atom is 0.228 e. The Balaban J connectivity index is 1.57. The van der Waals surface area contributed by atoms with E-state index in [9.17, 15) is 9.59 Å². The van der Waals surface area contributed by atoms with E-state index in [2.05, 4.69) is 4.90 Å². The predicted octanol–water partition coefficient (Wildman–Crippen LogP) is 2.20. The van der Waals surface area contributed by atoms with Crippen LogP contribution in [0.3, 0.4) is 0 Å². The van der Waals surface area contributed by atoms with Gasteiger partial charge in [0.1, 0.15) is 0 Å². The lowest BCUT2D eigenvalue weighted by Crippen LogP contribution is -2.49. The van der Waals surface area contributed by atoms with Gasteiger partial charge in [0.2, 0.25) is 11.8 Å². The van der Waals surface area contributed by atoms with E-state index in [0.717, 1.165) is 64.6 Å². The first-order valence-corrected chi connectivity index (χ1v) is 9.32. The Bertz CT molecular complexity index is 430. The van der Waals surface area contributed by atoms with Crippen molar-refractivity contribution in [3.8, 4) is 0 Å². The summed E-state index contributed by atoms with van der Waals surface area (Å²) in [4.78, 5) is 28.9. The summed E-state index contributed by atoms with van der Waals surface area (Å²) in [5.41, 5.74) is 0. The van der Waals surface area contributed by atoms with Gasteiger partial charge in [-0.25, -0.2) is 0 Å². The zero-order chi connectivity index (χ0) is 16.2. The highest BCUT2D eigenvalue weighted by Gasteiger charge is 2.35. The molecular formula is C18H30N2O3. The summed E-state index contributed by atoms with van der Waals surface area (Å²) in [6.07, 6.45) is 8.45. The largest absolute Gasteiger partial charge is 0.381 e. The van der Waals surface area contributed by atoms with Crippen LogP contribution in [0.4, 0.5) is 0 Å². The van der Waals surface area contributed by atoms with Gasteiger partial charge in [0.05, 0.1) is 12.5 Å². The zero-order valence-corrected chi connectivity index (χ0v) is 14.3. The van der Waals surface area contributed by atoms with E-state index in [-0.39, 0.29) is 17.7 Å². The topological polar surface area (TPSA) is 49.9 Å². The Morgan fingerprint density at radius 1 is 0.957 bits per heavy atom. The quantitative estimate of drug-likeness (QED) is 0.800. The molecular weight excluding hydrogens is 292 g/mol. The number of rotatable bonds is 3. The molecule has 2 heterocycles. The molecule has 1 aliphatic carbocycles. The third-order valence-corrected chi connectivity index (χ3v) is 5.74. The van der Waals surface area contributed by atoms with Crippen molar-refractivity contribution in [1.29, 1.82) is 0 Å². The average molecular weight is 322 g/mol. The van der Waals surface area contributed by atoms with Crippen molar-refractivity contribution in [1.82, 2.24) is 9.80 Å². The molecule has 2 aliphatic heterocycles. The highest BCUT2D eigenvalue weighted by Crippen LogP contribution is 2.30. The van der Waals surface area contributed by atoms with E-state index in [1.807, 2.05) is 4.90 Å². The number of hydrogen-bond acceptors (Lipinski definition) is 3. The second-order valence-corrected chi connectivity index (χ2v) is 7.34. The lowest BCUT2D eigenvalue weighted by atomic mass is 9.89. The standard InChI is InChI=1S/C18H30N2O3/c1-14(21)20(16-6-2-7-16)17-8-3-10-19(11-9-17)18(22)15-5-4-12-23-13-15/h15-17H,2-13H2,1H3/t15-,17+/m1/s1. The Morgan fingerprint density at radius 3 is 2.30 bits per heavy atom. The maximum absolute atomic E-state index is 12.7. The molecule has 0 bridgehead atoms. The molecule has 0 aromatic heterocycles. The molecule has 2 amide bonds. The number of ether oxygens (including phenoxy) is 1. The van der Waals surface area contributed by atoms with Crippen molar-refractivity contribution in [2.75, 3.05) is 26.3 Å². The van der Waals surface area contributed by atoms with Crippen molar-refractivity contribution in [3.63, 3.8) is 0 Å². The fraction of sp³-hybridized carbons (Fsp3) is 0.889. The van der Waals surface area contributed by atoms with Crippen molar-refractivity contribution in [2.45, 2.75) is 70.4 Å². The summed E-state index contributed by atoms with van der Waals surface area (Å²) >= 11 is 0. The van der Waals surface area contributed by atoms with E-state index < -0.39 is 0 Å². The van der Waals surface area contributed by atoms with Gasteiger partial charge in [-0.15, -0.1) is 0 Å². The number of hydrogen-bond donors (Lipinski definition) is 0. The van der Waals surface area contributed by atoms with Crippen molar-refractivity contribution >= 4 is 11.8 Å². The second kappa shape index (κ2) is 7.65. The normalized spacial score (nSPS) is 29.5. The number of carbonyl (C=O) groups excluding carboxylic acids is 2. The van der Waals surface area contributed by atoms with Gasteiger partial charge in [0.15, 0.2) is 0 Å². The Hall–Kier alpha value is -1.10. The number of amides is 2. The third-order valence-electron chi connectivity index (χ3n) is 5.74. The third kappa shape index (κ3) is 3.87. The molecule has 23 heavy (non-hydrogen) atoms. The molecule has 5 nitrogen and oxygen atoms in total. The van der Waals surface area contributed by atoms with E-state index in [0.29, 0.717) is 18.7 Å². The summed E-state index contributed by atoms with van der Waals surface area (Å²) in [6, 6.07) is 0.768. The molecule has 0 N–H and O–H groups in total. The van der Waals surface area contributed by atoms with Crippen LogP contribution in [0, 0.1) is 5.92 Å². The lowest BCUT2D eigenvalue weighted by Gasteiger charge is -2.42. The van der Waals surface area contributed by atoms with Crippen molar-refractivity contribution in [3.05, 3.63) is 0 Å². The first kappa shape index (κ1) is 16.7. The molecule has 0 aromatic rings. The molecule has 3 rings (SSSR count). The van der Waals surface area contributed by atoms with Gasteiger partial charge in [-0.05, 0) is 51.4 Å². The summed E-state index contributed by atoms with van der Waals surface area (Å²) in [6.45, 7) is 4.70. The van der Waals surface area contributed by atoms with Crippen LogP contribution in [-0.2, 0) is 14.3 Å². The Morgan fingerprint density at radius 2 is 1.70 bits per heavy atom. The monoisotopic (exact) mass is 322 g/mol. The second-order valence-electron chi connectivity index (χ2n) is 7.34. The molecule has 0 aromatic carbocycles. The van der Waals surface area contributed by atoms with Crippen LogP contribution in [-0.4, -0.2) is 60.0 Å². The highest BCUT2D eigenvalue weighted by atomic mass is 16.5. The molecule has 0 unspecified atom stereocenters. The maximum atomic E-state index is 12.7. The van der Waals surface area contributed by atoms with Crippen LogP contribution in [0.25, 0.3) is 0 Å². The van der Waals surface area contributed by atoms with Gasteiger partial charge in [0, 0.05) is 38.7 Å². The molecule has 2 saturated heterocycles. The van der Waals surface area contributed by atoms with Crippen LogP contribution in [0.1, 0.15) is 58.3 Å². The Labute approximate surface area is 139 Å². The minimum atomic E-state index is 0.0517. The van der Waals surface area contributed by atoms with Crippen LogP contribution in [0.15, 0.2) is 0 Å². The van der Waals surface area contributed by atoms with E-state index in [4.69, 9.17) is 4.74 Å². The van der Waals surface area contributed by atoms with Crippen LogP contribution < -0.4 is 0 Å². The summed E-state index contributed by atoms with van der Waals surface area (Å²) in [5.74, 6) is 0.527. The number of likely N-dealkylation sites (tertiary alicyclic amines) is 1. The van der Waals surface area contributed by atoms with Crippen molar-refractivity contribution < 1.29 is 14.3 Å². The summed E-state index contributed by atoms with van der Waals surface area (Å²) in [7, 11) is 0. The molecule has 130 valence electrons. The van der Waals surface area contributed by atoms with Gasteiger partial charge in [-0.3, -0.25) is 9.59 Å². The fourth-order valence-electron chi connectivity index (χ4n) is 4.25. The van der Waals surface area contributed by atoms with Crippen LogP contribution in [0.2, 0.25) is 0 Å². The van der Waals surface area contributed by atoms with Crippen molar-refractivity contribution in [2.24, 2.45) is 5.92 Å². The van der Waals surface area contributed by atoms with Crippen LogP contribution in [0.5, 0.6) is 0 Å². The van der Waals surface area contributed by atoms with Crippen LogP contribution >= 0.6 is 0 Å². The van der Waals surface area contributed by atoms with E-state index in [1.54, 1.807) is 6.92 Å². The zero-order valence-electron chi connectivity index (χ0n) is 14.3. The minimum Gasteiger partial charge on any atom is -0.381 e. The molecule has 0 radical (unpaired) electrons. The lowest BCUT2D eigenvalue weighted by molar-refractivity contribution is -0.139. The van der Waals surface area contributed by atoms with Gasteiger partial charge in [-0.2, -0.15) is 0 Å². The smallest absolute Gasteiger partial charge is 0.228 e. The Kier molecular flexibility index (Phi) is 5.57. The average Bonchev–Trinajstić information content (AvgIpc) is 2.76. The predicted molar refractivity (Wildman–Crippen MR) is 87.9 cm³/mol. The fourth-order valence-corrected chi connectivity index (χ4v) is 4.25. The van der Waals surface area contributed by atoms with Gasteiger partial charge < -0.3 is 14.5 Å². The minimum absolute atomic E-state index is 0.0517. The molecule has 2 atom stereocenters. The SMILES string of the molecule is CC(=O)N(C1CCC1)[C@H]1CCCN(C(=O)[C@@H]2CCCOC2)CC1. The van der Waals surface area contributed by atoms with Gasteiger partial charge in [-0.1, -0.05) is 0 Å². The molecule has 1 saturated carbocycles. The molecule has 3 aliphatic rings. The molecule has 0 spiro atoms. The first-order valence-electron chi connectivity index (χ1n) is 9.32. The molecule has 3 fully saturated rings. The summed E-state index contributed by atoms with van der Waals surface area (Å²) in [5, 5.41) is 0. The highest BCUT2D eigenvalue weighted by molar-refractivity contribution is 5.79. The number of nitrogens with zero attached hydrogens (tertiary/aromatic N) is 2. The van der Waals surface area contributed by atoms with E-state index >= 15 is 0 Å². The molecule has 5 heteroatoms.